The van der Waals surface area contributed by atoms with Crippen LogP contribution < -0.4 is 15.8 Å². The van der Waals surface area contributed by atoms with Crippen molar-refractivity contribution >= 4 is 0 Å². The molecule has 0 spiro atoms. The van der Waals surface area contributed by atoms with Gasteiger partial charge in [0.2, 0.25) is 0 Å². The van der Waals surface area contributed by atoms with Crippen LogP contribution in [0.1, 0.15) is 32.3 Å². The van der Waals surface area contributed by atoms with Crippen molar-refractivity contribution in [2.45, 2.75) is 39.3 Å². The van der Waals surface area contributed by atoms with Crippen molar-refractivity contribution in [3.05, 3.63) is 29.8 Å². The van der Waals surface area contributed by atoms with E-state index in [-0.39, 0.29) is 0 Å². The summed E-state index contributed by atoms with van der Waals surface area (Å²) in [5, 5.41) is 3.41. The minimum absolute atomic E-state index is 0.308. The summed E-state index contributed by atoms with van der Waals surface area (Å²) in [7, 11) is 0. The van der Waals surface area contributed by atoms with Gasteiger partial charge in [0.1, 0.15) is 5.75 Å². The first-order chi connectivity index (χ1) is 8.22. The normalized spacial score (nSPS) is 12.4. The van der Waals surface area contributed by atoms with Gasteiger partial charge in [0, 0.05) is 12.6 Å². The monoisotopic (exact) mass is 236 g/mol. The van der Waals surface area contributed by atoms with Crippen LogP contribution >= 0.6 is 0 Å². The Morgan fingerprint density at radius 1 is 1.29 bits per heavy atom. The number of hydrogen-bond acceptors (Lipinski definition) is 3. The Morgan fingerprint density at radius 3 is 2.59 bits per heavy atom. The van der Waals surface area contributed by atoms with Gasteiger partial charge in [-0.15, -0.1) is 0 Å². The van der Waals surface area contributed by atoms with Crippen molar-refractivity contribution in [1.29, 1.82) is 0 Å². The molecule has 1 unspecified atom stereocenters. The van der Waals surface area contributed by atoms with Crippen LogP contribution in [-0.2, 0) is 6.54 Å². The number of hydrogen-bond donors (Lipinski definition) is 2. The molecule has 0 heterocycles. The zero-order valence-corrected chi connectivity index (χ0v) is 10.9. The molecule has 0 radical (unpaired) electrons. The van der Waals surface area contributed by atoms with E-state index >= 15 is 0 Å². The van der Waals surface area contributed by atoms with Crippen molar-refractivity contribution in [1.82, 2.24) is 5.32 Å². The third kappa shape index (κ3) is 6.29. The van der Waals surface area contributed by atoms with Gasteiger partial charge in [-0.3, -0.25) is 0 Å². The molecule has 0 aliphatic heterocycles. The van der Waals surface area contributed by atoms with Gasteiger partial charge in [0.15, 0.2) is 0 Å². The van der Waals surface area contributed by atoms with E-state index in [4.69, 9.17) is 10.5 Å². The Kier molecular flexibility index (Phi) is 6.67. The summed E-state index contributed by atoms with van der Waals surface area (Å²) in [5.74, 6) is 0.938. The number of rotatable bonds is 8. The highest BCUT2D eigenvalue weighted by atomic mass is 16.5. The molecule has 0 saturated carbocycles. The fourth-order valence-electron chi connectivity index (χ4n) is 1.65. The summed E-state index contributed by atoms with van der Waals surface area (Å²) in [5.41, 5.74) is 6.98. The van der Waals surface area contributed by atoms with Crippen molar-refractivity contribution in [2.75, 3.05) is 13.2 Å². The number of nitrogens with one attached hydrogen (secondary N) is 1. The molecule has 3 N–H and O–H groups in total. The summed E-state index contributed by atoms with van der Waals surface area (Å²) in [4.78, 5) is 0. The molecule has 0 aliphatic rings. The lowest BCUT2D eigenvalue weighted by molar-refractivity contribution is 0.340. The lowest BCUT2D eigenvalue weighted by atomic mass is 10.2. The quantitative estimate of drug-likeness (QED) is 0.681. The van der Waals surface area contributed by atoms with E-state index in [1.807, 2.05) is 26.0 Å². The molecule has 0 aromatic heterocycles. The van der Waals surface area contributed by atoms with Crippen LogP contribution in [0.3, 0.4) is 0 Å². The van der Waals surface area contributed by atoms with Crippen LogP contribution in [0.15, 0.2) is 24.3 Å². The molecular weight excluding hydrogens is 212 g/mol. The van der Waals surface area contributed by atoms with Crippen LogP contribution in [0, 0.1) is 0 Å². The molecule has 96 valence electrons. The van der Waals surface area contributed by atoms with E-state index in [1.165, 1.54) is 5.56 Å². The average molecular weight is 236 g/mol. The number of ether oxygens (including phenoxy) is 1. The maximum absolute atomic E-state index is 5.69. The highest BCUT2D eigenvalue weighted by Crippen LogP contribution is 2.11. The average Bonchev–Trinajstić information content (AvgIpc) is 2.31. The molecule has 1 aromatic carbocycles. The second-order valence-corrected chi connectivity index (χ2v) is 4.37. The third-order valence-corrected chi connectivity index (χ3v) is 2.58. The molecule has 0 bridgehead atoms. The van der Waals surface area contributed by atoms with Gasteiger partial charge < -0.3 is 15.8 Å². The van der Waals surface area contributed by atoms with Crippen molar-refractivity contribution < 1.29 is 4.74 Å². The Hall–Kier alpha value is -1.06. The molecular formula is C14H24N2O. The number of benzene rings is 1. The SMILES string of the molecule is CCOc1ccc(CNCCCC(C)N)cc1. The minimum Gasteiger partial charge on any atom is -0.494 e. The maximum Gasteiger partial charge on any atom is 0.119 e. The van der Waals surface area contributed by atoms with Crippen molar-refractivity contribution in [3.8, 4) is 5.75 Å². The standard InChI is InChI=1S/C14H24N2O/c1-3-17-14-8-6-13(7-9-14)11-16-10-4-5-12(2)15/h6-9,12,16H,3-5,10-11,15H2,1-2H3. The summed E-state index contributed by atoms with van der Waals surface area (Å²) in [6.07, 6.45) is 2.21. The summed E-state index contributed by atoms with van der Waals surface area (Å²) in [6, 6.07) is 8.54. The first-order valence-corrected chi connectivity index (χ1v) is 6.40. The zero-order valence-electron chi connectivity index (χ0n) is 10.9. The molecule has 0 fully saturated rings. The summed E-state index contributed by atoms with van der Waals surface area (Å²) < 4.78 is 5.40. The predicted octanol–water partition coefficient (Wildman–Crippen LogP) is 2.30. The molecule has 1 rings (SSSR count). The Bertz CT molecular complexity index is 296. The van der Waals surface area contributed by atoms with Crippen LogP contribution in [0.25, 0.3) is 0 Å². The number of nitrogens with two attached hydrogens (primary N) is 1. The fraction of sp³-hybridized carbons (Fsp3) is 0.571. The van der Waals surface area contributed by atoms with E-state index in [9.17, 15) is 0 Å². The van der Waals surface area contributed by atoms with Gasteiger partial charge >= 0.3 is 0 Å². The van der Waals surface area contributed by atoms with Crippen molar-refractivity contribution in [3.63, 3.8) is 0 Å². The molecule has 1 aromatic rings. The van der Waals surface area contributed by atoms with E-state index in [0.717, 1.165) is 38.3 Å². The van der Waals surface area contributed by atoms with Gasteiger partial charge in [-0.1, -0.05) is 12.1 Å². The molecule has 0 aliphatic carbocycles. The largest absolute Gasteiger partial charge is 0.494 e. The highest BCUT2D eigenvalue weighted by Gasteiger charge is 1.96. The van der Waals surface area contributed by atoms with E-state index in [1.54, 1.807) is 0 Å². The summed E-state index contributed by atoms with van der Waals surface area (Å²) in [6.45, 7) is 6.69. The van der Waals surface area contributed by atoms with E-state index in [0.29, 0.717) is 6.04 Å². The third-order valence-electron chi connectivity index (χ3n) is 2.58. The Morgan fingerprint density at radius 2 is 2.00 bits per heavy atom. The van der Waals surface area contributed by atoms with Gasteiger partial charge in [-0.2, -0.15) is 0 Å². The molecule has 17 heavy (non-hydrogen) atoms. The maximum atomic E-state index is 5.69. The Balaban J connectivity index is 2.18. The lowest BCUT2D eigenvalue weighted by Crippen LogP contribution is -2.19. The van der Waals surface area contributed by atoms with Gasteiger partial charge in [-0.25, -0.2) is 0 Å². The second kappa shape index (κ2) is 8.09. The van der Waals surface area contributed by atoms with Crippen LogP contribution in [0.2, 0.25) is 0 Å². The van der Waals surface area contributed by atoms with Crippen LogP contribution in [-0.4, -0.2) is 19.2 Å². The minimum atomic E-state index is 0.308. The smallest absolute Gasteiger partial charge is 0.119 e. The van der Waals surface area contributed by atoms with Gasteiger partial charge in [0.05, 0.1) is 6.61 Å². The first kappa shape index (κ1) is 14.0. The Labute approximate surface area is 104 Å². The fourth-order valence-corrected chi connectivity index (χ4v) is 1.65. The van der Waals surface area contributed by atoms with Gasteiger partial charge in [-0.05, 0) is 50.9 Å². The first-order valence-electron chi connectivity index (χ1n) is 6.40. The molecule has 0 amide bonds. The molecule has 3 heteroatoms. The van der Waals surface area contributed by atoms with Crippen molar-refractivity contribution in [2.24, 2.45) is 5.73 Å². The molecule has 0 saturated heterocycles. The predicted molar refractivity (Wildman–Crippen MR) is 72.2 cm³/mol. The van der Waals surface area contributed by atoms with E-state index < -0.39 is 0 Å². The highest BCUT2D eigenvalue weighted by molar-refractivity contribution is 5.27. The van der Waals surface area contributed by atoms with Crippen LogP contribution in [0.4, 0.5) is 0 Å². The lowest BCUT2D eigenvalue weighted by Gasteiger charge is -2.08. The van der Waals surface area contributed by atoms with E-state index in [2.05, 4.69) is 17.4 Å². The molecule has 1 atom stereocenters. The van der Waals surface area contributed by atoms with Crippen LogP contribution in [0.5, 0.6) is 5.75 Å². The molecule has 3 nitrogen and oxygen atoms in total. The second-order valence-electron chi connectivity index (χ2n) is 4.37. The zero-order chi connectivity index (χ0) is 12.5. The summed E-state index contributed by atoms with van der Waals surface area (Å²) >= 11 is 0. The van der Waals surface area contributed by atoms with Gasteiger partial charge in [0.25, 0.3) is 0 Å². The topological polar surface area (TPSA) is 47.3 Å².